The van der Waals surface area contributed by atoms with E-state index in [-0.39, 0.29) is 5.25 Å². The summed E-state index contributed by atoms with van der Waals surface area (Å²) >= 11 is 0. The minimum absolute atomic E-state index is 0.284. The van der Waals surface area contributed by atoms with E-state index in [1.54, 1.807) is 7.05 Å². The molecule has 1 aliphatic rings. The van der Waals surface area contributed by atoms with Gasteiger partial charge in [0.2, 0.25) is 0 Å². The minimum Gasteiger partial charge on any atom is -0.491 e. The van der Waals surface area contributed by atoms with E-state index in [1.165, 1.54) is 5.06 Å². The number of nitrogens with one attached hydrogen (secondary N) is 1. The third kappa shape index (κ3) is 5.40. The van der Waals surface area contributed by atoms with Crippen LogP contribution < -0.4 is 4.74 Å². The van der Waals surface area contributed by atoms with E-state index in [0.717, 1.165) is 56.4 Å². The highest BCUT2D eigenvalue weighted by Crippen LogP contribution is 2.40. The van der Waals surface area contributed by atoms with Gasteiger partial charge in [0.15, 0.2) is 0 Å². The van der Waals surface area contributed by atoms with Crippen LogP contribution >= 0.6 is 8.60 Å². The van der Waals surface area contributed by atoms with Crippen molar-refractivity contribution in [3.8, 4) is 16.9 Å². The summed E-state index contributed by atoms with van der Waals surface area (Å²) in [5.74, 6) is 0.715. The molecule has 5 rings (SSSR count). The molecule has 4 aromatic rings. The van der Waals surface area contributed by atoms with E-state index in [4.69, 9.17) is 19.1 Å². The lowest BCUT2D eigenvalue weighted by atomic mass is 9.99. The molecule has 2 aromatic heterocycles. The number of aromatic amines is 1. The Kier molecular flexibility index (Phi) is 7.16. The molecule has 10 heteroatoms. The Morgan fingerprint density at radius 2 is 2.06 bits per heavy atom. The molecular formula is C25H28N3O5PS. The summed E-state index contributed by atoms with van der Waals surface area (Å²) < 4.78 is 23.8. The van der Waals surface area contributed by atoms with Gasteiger partial charge in [0, 0.05) is 40.7 Å². The van der Waals surface area contributed by atoms with Crippen LogP contribution in [0.4, 0.5) is 0 Å². The number of hydrogen-bond acceptors (Lipinski definition) is 7. The Bertz CT molecular complexity index is 1390. The Balaban J connectivity index is 1.49. The van der Waals surface area contributed by atoms with Gasteiger partial charge in [-0.3, -0.25) is 4.21 Å². The maximum absolute atomic E-state index is 12.8. The molecule has 1 fully saturated rings. The molecular weight excluding hydrogens is 485 g/mol. The Hall–Kier alpha value is -2.39. The van der Waals surface area contributed by atoms with E-state index in [2.05, 4.69) is 22.1 Å². The number of ether oxygens (including phenoxy) is 1. The van der Waals surface area contributed by atoms with Crippen molar-refractivity contribution in [3.63, 3.8) is 0 Å². The zero-order chi connectivity index (χ0) is 24.5. The Labute approximate surface area is 207 Å². The fraction of sp³-hybridized carbons (Fsp3) is 0.320. The van der Waals surface area contributed by atoms with E-state index < -0.39 is 19.4 Å². The largest absolute Gasteiger partial charge is 0.491 e. The fourth-order valence-electron chi connectivity index (χ4n) is 4.22. The van der Waals surface area contributed by atoms with Crippen molar-refractivity contribution in [2.45, 2.75) is 36.3 Å². The van der Waals surface area contributed by atoms with Gasteiger partial charge in [-0.15, -0.1) is 0 Å². The number of nitrogens with zero attached hydrogens (tertiary/aromatic N) is 2. The van der Waals surface area contributed by atoms with Gasteiger partial charge in [0.25, 0.3) is 0 Å². The predicted molar refractivity (Wildman–Crippen MR) is 138 cm³/mol. The van der Waals surface area contributed by atoms with Crippen LogP contribution in [0.1, 0.15) is 24.8 Å². The van der Waals surface area contributed by atoms with Gasteiger partial charge in [-0.2, -0.15) is 5.06 Å². The van der Waals surface area contributed by atoms with Crippen molar-refractivity contribution >= 4 is 41.3 Å². The van der Waals surface area contributed by atoms with Crippen LogP contribution in [0, 0.1) is 6.92 Å². The summed E-state index contributed by atoms with van der Waals surface area (Å²) in [4.78, 5) is 26.8. The molecule has 1 atom stereocenters. The van der Waals surface area contributed by atoms with Crippen molar-refractivity contribution in [2.75, 3.05) is 20.2 Å². The molecule has 0 spiro atoms. The van der Waals surface area contributed by atoms with E-state index in [1.807, 2.05) is 43.5 Å². The first-order chi connectivity index (χ1) is 16.9. The quantitative estimate of drug-likeness (QED) is 0.159. The number of aromatic nitrogens is 2. The molecule has 1 saturated carbocycles. The third-order valence-electron chi connectivity index (χ3n) is 6.00. The van der Waals surface area contributed by atoms with Gasteiger partial charge < -0.3 is 19.5 Å². The molecule has 1 unspecified atom stereocenters. The molecule has 2 aromatic carbocycles. The molecule has 2 heterocycles. The van der Waals surface area contributed by atoms with Gasteiger partial charge in [0.05, 0.1) is 22.9 Å². The molecule has 0 radical (unpaired) electrons. The van der Waals surface area contributed by atoms with E-state index >= 15 is 0 Å². The first kappa shape index (κ1) is 24.3. The number of H-pyrrole nitrogens is 1. The predicted octanol–water partition coefficient (Wildman–Crippen LogP) is 4.81. The molecule has 0 amide bonds. The van der Waals surface area contributed by atoms with Crippen LogP contribution in [0.25, 0.3) is 33.1 Å². The topological polar surface area (TPSA) is 108 Å². The van der Waals surface area contributed by atoms with Crippen molar-refractivity contribution in [3.05, 3.63) is 54.2 Å². The van der Waals surface area contributed by atoms with Gasteiger partial charge in [-0.05, 0) is 73.2 Å². The fourth-order valence-corrected chi connectivity index (χ4v) is 5.96. The van der Waals surface area contributed by atoms with Crippen LogP contribution in [0.3, 0.4) is 0 Å². The van der Waals surface area contributed by atoms with Gasteiger partial charge >= 0.3 is 8.60 Å². The number of aryl methyl sites for hydroxylation is 1. The van der Waals surface area contributed by atoms with Gasteiger partial charge in [0.1, 0.15) is 11.4 Å². The summed E-state index contributed by atoms with van der Waals surface area (Å²) in [6.45, 7) is 2.93. The van der Waals surface area contributed by atoms with Crippen LogP contribution in [0.5, 0.6) is 5.75 Å². The second kappa shape index (κ2) is 10.3. The monoisotopic (exact) mass is 513 g/mol. The third-order valence-corrected chi connectivity index (χ3v) is 8.22. The zero-order valence-electron chi connectivity index (χ0n) is 19.6. The summed E-state index contributed by atoms with van der Waals surface area (Å²) in [5, 5.41) is 3.71. The maximum atomic E-state index is 12.8. The SMILES string of the molecule is Cc1cnc2[nH]c3c(OCCCN(C)OP(O)O)ccc(-c4cccc(S(=O)C5CC5)c4)c3c2c1. The lowest BCUT2D eigenvalue weighted by molar-refractivity contribution is -0.0447. The van der Waals surface area contributed by atoms with Gasteiger partial charge in [-0.1, -0.05) is 12.1 Å². The highest BCUT2D eigenvalue weighted by molar-refractivity contribution is 7.86. The smallest absolute Gasteiger partial charge is 0.345 e. The van der Waals surface area contributed by atoms with Crippen LogP contribution in [0.2, 0.25) is 0 Å². The standard InChI is InChI=1S/C25H28N3O5PS/c1-16-13-21-23-20(17-5-3-6-19(14-17)35(31)18-7-8-18)9-10-22(24(23)27-25(21)26-15-16)32-12-4-11-28(2)33-34(29)30/h3,5-6,9-10,13-15,18,29-30H,4,7-8,11-12H2,1-2H3,(H,26,27). The van der Waals surface area contributed by atoms with E-state index in [0.29, 0.717) is 25.3 Å². The van der Waals surface area contributed by atoms with Crippen LogP contribution in [-0.2, 0) is 15.4 Å². The molecule has 35 heavy (non-hydrogen) atoms. The highest BCUT2D eigenvalue weighted by Gasteiger charge is 2.29. The average Bonchev–Trinajstić information content (AvgIpc) is 3.62. The van der Waals surface area contributed by atoms with Crippen molar-refractivity contribution in [1.29, 1.82) is 0 Å². The highest BCUT2D eigenvalue weighted by atomic mass is 32.2. The Morgan fingerprint density at radius 3 is 2.83 bits per heavy atom. The maximum Gasteiger partial charge on any atom is 0.345 e. The molecule has 1 aliphatic carbocycles. The van der Waals surface area contributed by atoms with Gasteiger partial charge in [-0.25, -0.2) is 9.61 Å². The first-order valence-electron chi connectivity index (χ1n) is 11.5. The van der Waals surface area contributed by atoms with Crippen molar-refractivity contribution in [1.82, 2.24) is 15.0 Å². The summed E-state index contributed by atoms with van der Waals surface area (Å²) in [6, 6.07) is 14.1. The zero-order valence-corrected chi connectivity index (χ0v) is 21.3. The van der Waals surface area contributed by atoms with Crippen molar-refractivity contribution in [2.24, 2.45) is 0 Å². The summed E-state index contributed by atoms with van der Waals surface area (Å²) in [7, 11) is -1.75. The van der Waals surface area contributed by atoms with Crippen LogP contribution in [-0.4, -0.2) is 54.5 Å². The molecule has 8 nitrogen and oxygen atoms in total. The Morgan fingerprint density at radius 1 is 1.23 bits per heavy atom. The van der Waals surface area contributed by atoms with Crippen LogP contribution in [0.15, 0.2) is 53.6 Å². The second-order valence-corrected chi connectivity index (χ2v) is 11.2. The summed E-state index contributed by atoms with van der Waals surface area (Å²) in [6.07, 6.45) is 4.54. The molecule has 0 bridgehead atoms. The first-order valence-corrected chi connectivity index (χ1v) is 13.9. The number of benzene rings is 2. The molecule has 0 aliphatic heterocycles. The molecule has 0 saturated heterocycles. The number of hydrogen-bond donors (Lipinski definition) is 3. The second-order valence-electron chi connectivity index (χ2n) is 8.81. The lowest BCUT2D eigenvalue weighted by Crippen LogP contribution is -2.19. The molecule has 184 valence electrons. The molecule has 3 N–H and O–H groups in total. The van der Waals surface area contributed by atoms with Crippen molar-refractivity contribution < 1.29 is 23.4 Å². The average molecular weight is 514 g/mol. The summed E-state index contributed by atoms with van der Waals surface area (Å²) in [5.41, 5.74) is 4.76. The lowest BCUT2D eigenvalue weighted by Gasteiger charge is -2.16. The van der Waals surface area contributed by atoms with E-state index in [9.17, 15) is 4.21 Å². The number of rotatable bonds is 10. The normalized spacial score (nSPS) is 14.9. The minimum atomic E-state index is -2.42. The number of hydroxylamine groups is 2. The number of fused-ring (bicyclic) bond motifs is 3. The number of pyridine rings is 1.